The van der Waals surface area contributed by atoms with Gasteiger partial charge in [0.1, 0.15) is 0 Å². The topological polar surface area (TPSA) is 77.8 Å². The number of carbonyl (C=O) groups excluding carboxylic acids is 1. The molecule has 0 spiro atoms. The molecule has 2 fully saturated rings. The zero-order valence-corrected chi connectivity index (χ0v) is 18.0. The van der Waals surface area contributed by atoms with E-state index in [9.17, 15) is 20.1 Å². The Balaban J connectivity index is 1.67. The Morgan fingerprint density at radius 1 is 1.31 bits per heavy atom. The van der Waals surface area contributed by atoms with Gasteiger partial charge in [-0.2, -0.15) is 0 Å². The van der Waals surface area contributed by atoms with Gasteiger partial charge in [0.05, 0.1) is 17.8 Å². The normalized spacial score (nSPS) is 42.8. The third-order valence-corrected chi connectivity index (χ3v) is 8.38. The number of ketones is 1. The minimum atomic E-state index is -0.973. The van der Waals surface area contributed by atoms with Crippen molar-refractivity contribution in [2.75, 3.05) is 0 Å². The zero-order valence-electron chi connectivity index (χ0n) is 18.0. The molecule has 29 heavy (non-hydrogen) atoms. The average molecular weight is 401 g/mol. The minimum absolute atomic E-state index is 0.0519. The average Bonchev–Trinajstić information content (AvgIpc) is 2.81. The van der Waals surface area contributed by atoms with Crippen LogP contribution in [0.1, 0.15) is 65.7 Å². The largest absolute Gasteiger partial charge is 0.393 e. The van der Waals surface area contributed by atoms with Crippen molar-refractivity contribution in [1.82, 2.24) is 0 Å². The lowest BCUT2D eigenvalue weighted by molar-refractivity contribution is -0.119. The van der Waals surface area contributed by atoms with Crippen molar-refractivity contribution < 1.29 is 20.1 Å². The molecule has 0 aromatic carbocycles. The van der Waals surface area contributed by atoms with Gasteiger partial charge in [-0.15, -0.1) is 0 Å². The van der Waals surface area contributed by atoms with Gasteiger partial charge in [0, 0.05) is 11.8 Å². The van der Waals surface area contributed by atoms with Crippen LogP contribution in [0.5, 0.6) is 0 Å². The molecule has 3 N–H and O–H groups in total. The Bertz CT molecular complexity index is 759. The van der Waals surface area contributed by atoms with Crippen LogP contribution in [-0.2, 0) is 4.79 Å². The summed E-state index contributed by atoms with van der Waals surface area (Å²) in [7, 11) is 0. The number of rotatable bonds is 3. The molecule has 0 aromatic heterocycles. The summed E-state index contributed by atoms with van der Waals surface area (Å²) in [5.74, 6) is 0.838. The first kappa shape index (κ1) is 21.0. The maximum absolute atomic E-state index is 13.0. The predicted molar refractivity (Wildman–Crippen MR) is 113 cm³/mol. The van der Waals surface area contributed by atoms with E-state index in [1.165, 1.54) is 11.1 Å². The van der Waals surface area contributed by atoms with Crippen LogP contribution in [0.4, 0.5) is 0 Å². The lowest BCUT2D eigenvalue weighted by atomic mass is 9.57. The Morgan fingerprint density at radius 3 is 2.79 bits per heavy atom. The molecule has 0 unspecified atom stereocenters. The summed E-state index contributed by atoms with van der Waals surface area (Å²) in [6.07, 6.45) is 12.6. The summed E-state index contributed by atoms with van der Waals surface area (Å²) in [6, 6.07) is 0. The van der Waals surface area contributed by atoms with Gasteiger partial charge in [-0.1, -0.05) is 36.3 Å². The van der Waals surface area contributed by atoms with Crippen LogP contribution in [0, 0.1) is 29.1 Å². The number of fused-ring (bicyclic) bond motifs is 6. The van der Waals surface area contributed by atoms with E-state index in [0.29, 0.717) is 24.7 Å². The van der Waals surface area contributed by atoms with Crippen molar-refractivity contribution >= 4 is 5.78 Å². The minimum Gasteiger partial charge on any atom is -0.393 e. The second-order valence-corrected chi connectivity index (χ2v) is 10.5. The molecule has 0 saturated heterocycles. The summed E-state index contributed by atoms with van der Waals surface area (Å²) in [5.41, 5.74) is 1.62. The lowest BCUT2D eigenvalue weighted by Crippen LogP contribution is -2.45. The molecule has 4 aliphatic rings. The van der Waals surface area contributed by atoms with Gasteiger partial charge in [0.15, 0.2) is 5.78 Å². The highest BCUT2D eigenvalue weighted by Gasteiger charge is 2.57. The first-order valence-electron chi connectivity index (χ1n) is 11.3. The van der Waals surface area contributed by atoms with Crippen LogP contribution in [-0.4, -0.2) is 38.9 Å². The number of hydrogen-bond acceptors (Lipinski definition) is 4. The SMILES string of the molecule is C[C@H](O)/C=C/[C@](C)(O)[C@H]1CC[C@H]2C3=CC(=O)[C@H]4CC(=CC[C@H](O)C4)[C@H]3CC[C@@]21C. The molecular weight excluding hydrogens is 364 g/mol. The van der Waals surface area contributed by atoms with Gasteiger partial charge < -0.3 is 15.3 Å². The Morgan fingerprint density at radius 2 is 2.07 bits per heavy atom. The maximum Gasteiger partial charge on any atom is 0.159 e. The van der Waals surface area contributed by atoms with E-state index in [1.807, 2.05) is 13.0 Å². The van der Waals surface area contributed by atoms with Gasteiger partial charge in [0.25, 0.3) is 0 Å². The third kappa shape index (κ3) is 3.68. The van der Waals surface area contributed by atoms with E-state index < -0.39 is 17.8 Å². The van der Waals surface area contributed by atoms with E-state index in [4.69, 9.17) is 0 Å². The molecule has 4 rings (SSSR count). The number of aliphatic hydroxyl groups is 3. The summed E-state index contributed by atoms with van der Waals surface area (Å²) in [4.78, 5) is 13.0. The van der Waals surface area contributed by atoms with Gasteiger partial charge in [-0.3, -0.25) is 4.79 Å². The van der Waals surface area contributed by atoms with E-state index in [-0.39, 0.29) is 23.0 Å². The molecule has 4 nitrogen and oxygen atoms in total. The molecule has 0 radical (unpaired) electrons. The molecule has 8 atom stereocenters. The van der Waals surface area contributed by atoms with Gasteiger partial charge in [-0.05, 0) is 82.1 Å². The van der Waals surface area contributed by atoms with Crippen LogP contribution in [0.15, 0.2) is 35.5 Å². The van der Waals surface area contributed by atoms with Crippen molar-refractivity contribution in [3.63, 3.8) is 0 Å². The second kappa shape index (κ2) is 7.47. The molecule has 2 saturated carbocycles. The fraction of sp³-hybridized carbons (Fsp3) is 0.720. The second-order valence-electron chi connectivity index (χ2n) is 10.5. The van der Waals surface area contributed by atoms with Crippen molar-refractivity contribution in [2.24, 2.45) is 29.1 Å². The first-order chi connectivity index (χ1) is 13.6. The Kier molecular flexibility index (Phi) is 5.42. The summed E-state index contributed by atoms with van der Waals surface area (Å²) >= 11 is 0. The highest BCUT2D eigenvalue weighted by Crippen LogP contribution is 2.63. The van der Waals surface area contributed by atoms with Gasteiger partial charge >= 0.3 is 0 Å². The summed E-state index contributed by atoms with van der Waals surface area (Å²) < 4.78 is 0. The van der Waals surface area contributed by atoms with E-state index in [0.717, 1.165) is 32.1 Å². The van der Waals surface area contributed by atoms with E-state index in [1.54, 1.807) is 19.1 Å². The molecule has 0 amide bonds. The van der Waals surface area contributed by atoms with Crippen LogP contribution in [0.3, 0.4) is 0 Å². The highest BCUT2D eigenvalue weighted by atomic mass is 16.3. The summed E-state index contributed by atoms with van der Waals surface area (Å²) in [5, 5.41) is 31.1. The van der Waals surface area contributed by atoms with Crippen LogP contribution in [0.25, 0.3) is 0 Å². The quantitative estimate of drug-likeness (QED) is 0.631. The molecule has 0 aromatic rings. The van der Waals surface area contributed by atoms with Crippen molar-refractivity contribution in [1.29, 1.82) is 0 Å². The van der Waals surface area contributed by atoms with E-state index >= 15 is 0 Å². The van der Waals surface area contributed by atoms with Crippen LogP contribution >= 0.6 is 0 Å². The molecule has 0 heterocycles. The molecular formula is C25H36O4. The van der Waals surface area contributed by atoms with Crippen LogP contribution < -0.4 is 0 Å². The Hall–Kier alpha value is -1.23. The fourth-order valence-corrected chi connectivity index (χ4v) is 6.95. The number of aliphatic hydroxyl groups excluding tert-OH is 2. The van der Waals surface area contributed by atoms with Crippen LogP contribution in [0.2, 0.25) is 0 Å². The number of hydrogen-bond donors (Lipinski definition) is 3. The van der Waals surface area contributed by atoms with E-state index in [2.05, 4.69) is 13.0 Å². The maximum atomic E-state index is 13.0. The van der Waals surface area contributed by atoms with Crippen molar-refractivity contribution in [2.45, 2.75) is 83.5 Å². The Labute approximate surface area is 174 Å². The lowest BCUT2D eigenvalue weighted by Gasteiger charge is -2.49. The van der Waals surface area contributed by atoms with Crippen molar-refractivity contribution in [3.05, 3.63) is 35.5 Å². The fourth-order valence-electron chi connectivity index (χ4n) is 6.95. The van der Waals surface area contributed by atoms with Gasteiger partial charge in [0.2, 0.25) is 0 Å². The predicted octanol–water partition coefficient (Wildman–Crippen LogP) is 3.71. The number of allylic oxidation sites excluding steroid dienone is 3. The molecule has 2 bridgehead atoms. The smallest absolute Gasteiger partial charge is 0.159 e. The number of carbonyl (C=O) groups is 1. The zero-order chi connectivity index (χ0) is 21.0. The third-order valence-electron chi connectivity index (χ3n) is 8.38. The molecule has 160 valence electrons. The van der Waals surface area contributed by atoms with Crippen molar-refractivity contribution in [3.8, 4) is 0 Å². The standard InChI is InChI=1S/C25H36O4/c1-15(26)8-11-25(3,29)23-7-6-21-20-14-22(28)17-12-16(4-5-18(27)13-17)19(20)9-10-24(21,23)2/h4,8,11,14-15,17-19,21,23,26-27,29H,5-7,9-10,12-13H2,1-3H3/b11-8+/t15-,17-,18-,19+,21-,23-,24-,25-/m0/s1. The first-order valence-corrected chi connectivity index (χ1v) is 11.3. The molecule has 4 aliphatic carbocycles. The summed E-state index contributed by atoms with van der Waals surface area (Å²) in [6.45, 7) is 5.86. The molecule has 4 heteroatoms. The monoisotopic (exact) mass is 400 g/mol. The highest BCUT2D eigenvalue weighted by molar-refractivity contribution is 5.93. The van der Waals surface area contributed by atoms with Gasteiger partial charge in [-0.25, -0.2) is 0 Å². The molecule has 0 aliphatic heterocycles.